The van der Waals surface area contributed by atoms with Crippen LogP contribution in [0.3, 0.4) is 0 Å². The van der Waals surface area contributed by atoms with Gasteiger partial charge >= 0.3 is 0 Å². The number of hydrogen-bond acceptors (Lipinski definition) is 3. The molecule has 97 heavy (non-hydrogen) atoms. The Hall–Kier alpha value is -11.4. The number of para-hydroxylation sites is 5. The van der Waals surface area contributed by atoms with Crippen molar-refractivity contribution in [1.82, 2.24) is 28.2 Å². The van der Waals surface area contributed by atoms with E-state index in [1.807, 2.05) is 12.4 Å². The van der Waals surface area contributed by atoms with Crippen molar-refractivity contribution in [3.63, 3.8) is 0 Å². The van der Waals surface area contributed by atoms with E-state index in [4.69, 9.17) is 9.97 Å². The van der Waals surface area contributed by atoms with Crippen LogP contribution in [0.4, 0.5) is 0 Å². The molecule has 0 fully saturated rings. The molecule has 0 bridgehead atoms. The Balaban J connectivity index is 1.12. The molecule has 7 nitrogen and oxygen atoms in total. The second kappa shape index (κ2) is 20.1. The van der Waals surface area contributed by atoms with Crippen molar-refractivity contribution < 1.29 is 0 Å². The Morgan fingerprint density at radius 1 is 0.309 bits per heavy atom. The van der Waals surface area contributed by atoms with Crippen molar-refractivity contribution in [2.75, 3.05) is 0 Å². The SMILES string of the molecule is CC(C)(C)c1ccc2c(c1)c1ccccc1n2-c1c(C#N)c(-n2c3ccccc3c3ccccc32)c(-n2c3ccccc3c3cc(C(C)(C)C)ccc32)c(-c2ccc3c(c2)-c2ccccc2[Si]32c3ncccc3-c3cccnc32)c1-n1c2ccccc2c2cc(C(C)(C)C)ccc21. The first-order chi connectivity index (χ1) is 47.0. The first-order valence-electron chi connectivity index (χ1n) is 33.9. The summed E-state index contributed by atoms with van der Waals surface area (Å²) in [7, 11) is -3.14. The van der Waals surface area contributed by atoms with Gasteiger partial charge in [0, 0.05) is 82.8 Å². The minimum atomic E-state index is -3.14. The van der Waals surface area contributed by atoms with Gasteiger partial charge in [-0.15, -0.1) is 0 Å². The second-order valence-corrected chi connectivity index (χ2v) is 33.5. The van der Waals surface area contributed by atoms with Crippen LogP contribution in [0.2, 0.25) is 0 Å². The molecule has 0 saturated carbocycles. The molecular weight excluding hydrogens is 1200 g/mol. The Morgan fingerprint density at radius 2 is 0.639 bits per heavy atom. The molecule has 0 aliphatic carbocycles. The van der Waals surface area contributed by atoms with Crippen LogP contribution in [-0.2, 0) is 16.2 Å². The lowest BCUT2D eigenvalue weighted by molar-refractivity contribution is 0.591. The van der Waals surface area contributed by atoms with E-state index in [0.717, 1.165) is 148 Å². The second-order valence-electron chi connectivity index (χ2n) is 30.0. The van der Waals surface area contributed by atoms with Gasteiger partial charge in [-0.25, -0.2) is 0 Å². The van der Waals surface area contributed by atoms with Crippen molar-refractivity contribution in [2.45, 2.75) is 78.6 Å². The first-order valence-corrected chi connectivity index (χ1v) is 35.9. The molecule has 2 aliphatic heterocycles. The third kappa shape index (κ3) is 7.77. The molecule has 17 aromatic rings. The van der Waals surface area contributed by atoms with Gasteiger partial charge in [0.15, 0.2) is 0 Å². The summed E-state index contributed by atoms with van der Waals surface area (Å²) < 4.78 is 10.0. The van der Waals surface area contributed by atoms with Crippen LogP contribution in [0, 0.1) is 11.3 Å². The third-order valence-corrected chi connectivity index (χ3v) is 26.3. The molecule has 0 unspecified atom stereocenters. The lowest BCUT2D eigenvalue weighted by Crippen LogP contribution is -2.72. The number of fused-ring (bicyclic) bond motifs is 22. The van der Waals surface area contributed by atoms with Crippen molar-refractivity contribution in [1.29, 1.82) is 5.26 Å². The zero-order valence-electron chi connectivity index (χ0n) is 55.9. The molecule has 6 aromatic heterocycles. The fraction of sp³-hybridized carbons (Fsp3) is 0.135. The topological polar surface area (TPSA) is 69.3 Å². The quantitative estimate of drug-likeness (QED) is 0.161. The van der Waals surface area contributed by atoms with Gasteiger partial charge in [0.2, 0.25) is 8.07 Å². The van der Waals surface area contributed by atoms with E-state index in [1.165, 1.54) is 32.6 Å². The molecule has 19 rings (SSSR count). The maximum absolute atomic E-state index is 13.5. The van der Waals surface area contributed by atoms with Crippen molar-refractivity contribution in [2.24, 2.45) is 0 Å². The molecule has 8 heteroatoms. The van der Waals surface area contributed by atoms with Gasteiger partial charge < -0.3 is 18.3 Å². The molecule has 0 amide bonds. The molecule has 464 valence electrons. The van der Waals surface area contributed by atoms with Crippen LogP contribution in [0.1, 0.15) is 84.6 Å². The number of pyridine rings is 2. The summed E-state index contributed by atoms with van der Waals surface area (Å²) in [6.45, 7) is 20.7. The van der Waals surface area contributed by atoms with Crippen LogP contribution in [0.5, 0.6) is 0 Å². The van der Waals surface area contributed by atoms with Gasteiger partial charge in [-0.1, -0.05) is 220 Å². The van der Waals surface area contributed by atoms with Crippen molar-refractivity contribution in [3.8, 4) is 62.2 Å². The minimum absolute atomic E-state index is 0.147. The molecule has 0 radical (unpaired) electrons. The van der Waals surface area contributed by atoms with E-state index in [9.17, 15) is 5.26 Å². The summed E-state index contributed by atoms with van der Waals surface area (Å²) in [5, 5.41) is 27.3. The summed E-state index contributed by atoms with van der Waals surface area (Å²) in [6.07, 6.45) is 3.96. The molecule has 0 N–H and O–H groups in total. The van der Waals surface area contributed by atoms with E-state index in [2.05, 4.69) is 329 Å². The third-order valence-electron chi connectivity index (χ3n) is 21.5. The Kier molecular flexibility index (Phi) is 11.8. The highest BCUT2D eigenvalue weighted by atomic mass is 28.3. The minimum Gasteiger partial charge on any atom is -0.306 e. The Bertz CT molecular complexity index is 6250. The van der Waals surface area contributed by atoms with Crippen LogP contribution < -0.4 is 21.0 Å². The Labute approximate surface area is 564 Å². The van der Waals surface area contributed by atoms with Gasteiger partial charge in [-0.05, 0) is 145 Å². The molecule has 8 heterocycles. The van der Waals surface area contributed by atoms with Gasteiger partial charge in [-0.3, -0.25) is 9.97 Å². The average molecular weight is 1260 g/mol. The number of hydrogen-bond donors (Lipinski definition) is 0. The zero-order chi connectivity index (χ0) is 65.8. The lowest BCUT2D eigenvalue weighted by atomic mass is 9.86. The molecule has 11 aromatic carbocycles. The maximum Gasteiger partial charge on any atom is 0.226 e. The summed E-state index contributed by atoms with van der Waals surface area (Å²) in [5.41, 5.74) is 22.0. The molecular formula is C89H69N7Si. The molecule has 0 atom stereocenters. The maximum atomic E-state index is 13.5. The van der Waals surface area contributed by atoms with E-state index in [1.54, 1.807) is 0 Å². The largest absolute Gasteiger partial charge is 0.306 e. The van der Waals surface area contributed by atoms with Crippen molar-refractivity contribution in [3.05, 3.63) is 277 Å². The number of benzene rings is 11. The fourth-order valence-electron chi connectivity index (χ4n) is 17.1. The number of nitriles is 1. The van der Waals surface area contributed by atoms with Crippen molar-refractivity contribution >= 4 is 116 Å². The van der Waals surface area contributed by atoms with Crippen LogP contribution >= 0.6 is 0 Å². The lowest BCUT2D eigenvalue weighted by Gasteiger charge is -2.30. The standard InChI is InChI=1S/C89H69N7Si/c1-87(2,3)54-39-42-75-65(49-54)59-26-12-18-34-72(59)94(75)82-69(52-90)81(93-70-32-16-10-24-57(70)58-25-11-17-33-71(58)93)83(95-73-35-19-13-27-60(73)66-50-55(88(4,5)6)40-43-76(66)95)80(84(82)96-74-36-20-14-28-61(74)67-51-56(89(7,8)9)41-44-77(67)96)53-38-45-79-68(48-53)62-29-15-21-37-78(62)97(79)85-63(30-22-46-91-85)64-31-23-47-92-86(64)97/h10-51H,1-9H3. The summed E-state index contributed by atoms with van der Waals surface area (Å²) in [4.78, 5) is 10.9. The van der Waals surface area contributed by atoms with Crippen LogP contribution in [-0.4, -0.2) is 36.3 Å². The first kappa shape index (κ1) is 57.1. The predicted molar refractivity (Wildman–Crippen MR) is 407 cm³/mol. The predicted octanol–water partition coefficient (Wildman–Crippen LogP) is 19.6. The summed E-state index contributed by atoms with van der Waals surface area (Å²) >= 11 is 0. The fourth-order valence-corrected chi connectivity index (χ4v) is 22.3. The summed E-state index contributed by atoms with van der Waals surface area (Å²) in [6, 6.07) is 94.0. The monoisotopic (exact) mass is 1260 g/mol. The van der Waals surface area contributed by atoms with E-state index < -0.39 is 8.07 Å². The molecule has 1 spiro atoms. The van der Waals surface area contributed by atoms with E-state index >= 15 is 0 Å². The number of nitrogens with zero attached hydrogens (tertiary/aromatic N) is 7. The average Bonchev–Trinajstić information content (AvgIpc) is 1.54. The zero-order valence-corrected chi connectivity index (χ0v) is 56.9. The van der Waals surface area contributed by atoms with Gasteiger partial charge in [0.05, 0.1) is 66.9 Å². The highest BCUT2D eigenvalue weighted by Crippen LogP contribution is 2.53. The van der Waals surface area contributed by atoms with Gasteiger partial charge in [0.25, 0.3) is 0 Å². The molecule has 0 saturated heterocycles. The number of aromatic nitrogens is 6. The van der Waals surface area contributed by atoms with Crippen LogP contribution in [0.25, 0.3) is 143 Å². The van der Waals surface area contributed by atoms with Crippen LogP contribution in [0.15, 0.2) is 255 Å². The van der Waals surface area contributed by atoms with Gasteiger partial charge in [-0.2, -0.15) is 5.26 Å². The van der Waals surface area contributed by atoms with E-state index in [-0.39, 0.29) is 16.2 Å². The van der Waals surface area contributed by atoms with E-state index in [0.29, 0.717) is 5.56 Å². The number of rotatable bonds is 5. The smallest absolute Gasteiger partial charge is 0.226 e. The van der Waals surface area contributed by atoms with Gasteiger partial charge in [0.1, 0.15) is 11.6 Å². The highest BCUT2D eigenvalue weighted by Gasteiger charge is 2.57. The Morgan fingerprint density at radius 3 is 1.03 bits per heavy atom. The molecule has 2 aliphatic rings. The summed E-state index contributed by atoms with van der Waals surface area (Å²) in [5.74, 6) is 0. The highest BCUT2D eigenvalue weighted by molar-refractivity contribution is 7.23. The normalized spacial score (nSPS) is 13.5.